The van der Waals surface area contributed by atoms with E-state index in [9.17, 15) is 29.4 Å². The molecule has 3 aliphatic heterocycles. The maximum absolute atomic E-state index is 13.2. The number of oxime groups is 1. The molecule has 13 heteroatoms. The van der Waals surface area contributed by atoms with Crippen LogP contribution in [0.5, 0.6) is 0 Å². The van der Waals surface area contributed by atoms with Crippen molar-refractivity contribution in [2.24, 2.45) is 5.16 Å². The number of likely N-dealkylation sites (tertiary alicyclic amines) is 1. The van der Waals surface area contributed by atoms with Crippen molar-refractivity contribution in [2.75, 3.05) is 18.8 Å². The summed E-state index contributed by atoms with van der Waals surface area (Å²) in [6.45, 7) is 6.30. The molecule has 1 aromatic heterocycles. The number of hydrogen-bond acceptors (Lipinski definition) is 9. The molecule has 12 nitrogen and oxygen atoms in total. The van der Waals surface area contributed by atoms with E-state index in [1.807, 2.05) is 6.92 Å². The van der Waals surface area contributed by atoms with Crippen molar-refractivity contribution in [3.63, 3.8) is 0 Å². The number of amides is 2. The number of carbonyl (C=O) groups is 4. The number of nitrogens with zero attached hydrogens (tertiary/aromatic N) is 3. The lowest BCUT2D eigenvalue weighted by Crippen LogP contribution is -2.71. The van der Waals surface area contributed by atoms with Crippen LogP contribution >= 0.6 is 11.8 Å². The van der Waals surface area contributed by atoms with Gasteiger partial charge in [0.25, 0.3) is 11.8 Å². The molecule has 4 heterocycles. The molecule has 2 saturated heterocycles. The van der Waals surface area contributed by atoms with Gasteiger partial charge >= 0.3 is 11.9 Å². The van der Waals surface area contributed by atoms with Gasteiger partial charge in [-0.1, -0.05) is 24.4 Å². The Morgan fingerprint density at radius 3 is 2.44 bits per heavy atom. The molecule has 3 N–H and O–H groups in total. The number of carboxylic acid groups (broad SMARTS) is 2. The number of fused-ring (bicyclic) bond motifs is 1. The fourth-order valence-corrected chi connectivity index (χ4v) is 6.33. The van der Waals surface area contributed by atoms with Crippen molar-refractivity contribution in [1.29, 1.82) is 0 Å². The van der Waals surface area contributed by atoms with Gasteiger partial charge in [0, 0.05) is 11.8 Å². The molecule has 0 spiro atoms. The van der Waals surface area contributed by atoms with Gasteiger partial charge in [0.05, 0.1) is 6.26 Å². The number of carbonyl (C=O) groups excluding carboxylic acids is 2. The zero-order chi connectivity index (χ0) is 28.3. The summed E-state index contributed by atoms with van der Waals surface area (Å²) in [6.07, 6.45) is 6.94. The van der Waals surface area contributed by atoms with Crippen molar-refractivity contribution < 1.29 is 38.6 Å². The second kappa shape index (κ2) is 11.8. The molecule has 3 atom stereocenters. The normalized spacial score (nSPS) is 23.7. The van der Waals surface area contributed by atoms with E-state index < -0.39 is 40.8 Å². The quantitative estimate of drug-likeness (QED) is 0.231. The van der Waals surface area contributed by atoms with Crippen LogP contribution in [0.25, 0.3) is 0 Å². The van der Waals surface area contributed by atoms with E-state index in [1.165, 1.54) is 55.3 Å². The fraction of sp³-hybridized carbons (Fsp3) is 0.577. The highest BCUT2D eigenvalue weighted by Crippen LogP contribution is 2.42. The summed E-state index contributed by atoms with van der Waals surface area (Å²) in [5.41, 5.74) is -1.39. The summed E-state index contributed by atoms with van der Waals surface area (Å²) in [5.74, 6) is -3.39. The molecule has 0 aromatic carbocycles. The number of aliphatic carboxylic acids is 2. The molecule has 0 saturated carbocycles. The van der Waals surface area contributed by atoms with E-state index in [1.54, 1.807) is 0 Å². The average Bonchev–Trinajstić information content (AvgIpc) is 3.40. The molecule has 1 aromatic rings. The molecule has 1 unspecified atom stereocenters. The number of β-lactam (4-membered cyclic amide) rings is 1. The average molecular weight is 563 g/mol. The third-order valence-corrected chi connectivity index (χ3v) is 8.58. The summed E-state index contributed by atoms with van der Waals surface area (Å²) in [6, 6.07) is 1.84. The van der Waals surface area contributed by atoms with Gasteiger partial charge in [0.1, 0.15) is 17.1 Å². The van der Waals surface area contributed by atoms with Crippen LogP contribution in [-0.4, -0.2) is 91.4 Å². The Labute approximate surface area is 230 Å². The topological polar surface area (TPSA) is 162 Å². The van der Waals surface area contributed by atoms with Crippen molar-refractivity contribution in [3.8, 4) is 0 Å². The summed E-state index contributed by atoms with van der Waals surface area (Å²) >= 11 is 1.40. The Bertz CT molecular complexity index is 1170. The minimum atomic E-state index is -1.72. The van der Waals surface area contributed by atoms with Gasteiger partial charge in [-0.05, 0) is 64.4 Å². The van der Waals surface area contributed by atoms with Gasteiger partial charge in [-0.2, -0.15) is 0 Å². The van der Waals surface area contributed by atoms with Crippen LogP contribution in [0.4, 0.5) is 0 Å². The highest BCUT2D eigenvalue weighted by Gasteiger charge is 2.55. The molecule has 2 amide bonds. The van der Waals surface area contributed by atoms with Crippen LogP contribution in [0.15, 0.2) is 39.2 Å². The van der Waals surface area contributed by atoms with Gasteiger partial charge in [0.2, 0.25) is 11.3 Å². The Kier molecular flexibility index (Phi) is 8.70. The van der Waals surface area contributed by atoms with E-state index >= 15 is 0 Å². The first-order valence-corrected chi connectivity index (χ1v) is 14.1. The van der Waals surface area contributed by atoms with Gasteiger partial charge in [0.15, 0.2) is 5.76 Å². The predicted octanol–water partition coefficient (Wildman–Crippen LogP) is 2.26. The second-order valence-corrected chi connectivity index (χ2v) is 11.4. The van der Waals surface area contributed by atoms with Crippen LogP contribution in [0.1, 0.15) is 58.6 Å². The second-order valence-electron chi connectivity index (χ2n) is 10.3. The fourth-order valence-electron chi connectivity index (χ4n) is 4.86. The minimum Gasteiger partial charge on any atom is -0.478 e. The number of rotatable bonds is 9. The van der Waals surface area contributed by atoms with Crippen LogP contribution in [0.3, 0.4) is 0 Å². The Morgan fingerprint density at radius 2 is 1.85 bits per heavy atom. The first-order valence-electron chi connectivity index (χ1n) is 13.0. The van der Waals surface area contributed by atoms with E-state index in [4.69, 9.17) is 9.25 Å². The molecule has 0 radical (unpaired) electrons. The number of carboxylic acids is 2. The Hall–Kier alpha value is -3.32. The van der Waals surface area contributed by atoms with Crippen molar-refractivity contribution in [3.05, 3.63) is 35.4 Å². The van der Waals surface area contributed by atoms with Gasteiger partial charge < -0.3 is 24.8 Å². The monoisotopic (exact) mass is 562 g/mol. The van der Waals surface area contributed by atoms with E-state index in [2.05, 4.69) is 15.4 Å². The number of thioether (sulfide) groups is 1. The summed E-state index contributed by atoms with van der Waals surface area (Å²) < 4.78 is 5.26. The smallest absolute Gasteiger partial charge is 0.352 e. The van der Waals surface area contributed by atoms with Crippen LogP contribution in [0.2, 0.25) is 0 Å². The SMILES string of the molecule is CC(C1=C(C(=O)O)N2C(=O)[C@@H](NC(=O)C(=NOC(C)(C)C(=O)O)c3ccco3)[C@H]2SC1)N1CCCCCCC1. The van der Waals surface area contributed by atoms with Gasteiger partial charge in [-0.3, -0.25) is 19.4 Å². The molecule has 3 aliphatic rings. The molecule has 4 rings (SSSR count). The van der Waals surface area contributed by atoms with E-state index in [0.29, 0.717) is 11.3 Å². The highest BCUT2D eigenvalue weighted by atomic mass is 32.2. The highest BCUT2D eigenvalue weighted by molar-refractivity contribution is 8.00. The summed E-state index contributed by atoms with van der Waals surface area (Å²) in [7, 11) is 0. The zero-order valence-electron chi connectivity index (χ0n) is 22.2. The zero-order valence-corrected chi connectivity index (χ0v) is 23.0. The van der Waals surface area contributed by atoms with Crippen LogP contribution in [0, 0.1) is 0 Å². The first-order chi connectivity index (χ1) is 18.5. The van der Waals surface area contributed by atoms with Gasteiger partial charge in [-0.15, -0.1) is 11.8 Å². The maximum atomic E-state index is 13.2. The molecule has 2 fully saturated rings. The lowest BCUT2D eigenvalue weighted by molar-refractivity contribution is -0.161. The van der Waals surface area contributed by atoms with Crippen LogP contribution in [-0.2, 0) is 24.0 Å². The Balaban J connectivity index is 1.52. The first kappa shape index (κ1) is 28.7. The third-order valence-electron chi connectivity index (χ3n) is 7.28. The molecule has 0 aliphatic carbocycles. The van der Waals surface area contributed by atoms with Crippen molar-refractivity contribution in [1.82, 2.24) is 15.1 Å². The maximum Gasteiger partial charge on any atom is 0.352 e. The molecular weight excluding hydrogens is 528 g/mol. The number of hydrogen-bond donors (Lipinski definition) is 3. The van der Waals surface area contributed by atoms with Crippen molar-refractivity contribution >= 4 is 41.2 Å². The summed E-state index contributed by atoms with van der Waals surface area (Å²) in [4.78, 5) is 58.8. The standard InChI is InChI=1S/C26H34N4O8S/c1-15(29-11-7-5-4-6-8-12-29)16-14-39-23-19(22(32)30(23)20(16)24(33)34)27-21(31)18(17-10-9-13-37-17)28-38-26(2,3)25(35)36/h9-10,13,15,19,23H,4-8,11-12,14H2,1-3H3,(H,27,31)(H,33,34)(H,35,36)/t15?,19-,23-/m1/s1. The molecular formula is C26H34N4O8S. The number of nitrogens with one attached hydrogen (secondary N) is 1. The Morgan fingerprint density at radius 1 is 1.18 bits per heavy atom. The molecule has 39 heavy (non-hydrogen) atoms. The minimum absolute atomic E-state index is 0.0177. The van der Waals surface area contributed by atoms with E-state index in [-0.39, 0.29) is 23.2 Å². The third kappa shape index (κ3) is 5.98. The van der Waals surface area contributed by atoms with Gasteiger partial charge in [-0.25, -0.2) is 9.59 Å². The largest absolute Gasteiger partial charge is 0.478 e. The predicted molar refractivity (Wildman–Crippen MR) is 142 cm³/mol. The van der Waals surface area contributed by atoms with Crippen molar-refractivity contribution in [2.45, 2.75) is 75.9 Å². The lowest BCUT2D eigenvalue weighted by Gasteiger charge is -2.50. The number of furan rings is 1. The molecule has 212 valence electrons. The van der Waals surface area contributed by atoms with Crippen LogP contribution < -0.4 is 5.32 Å². The van der Waals surface area contributed by atoms with E-state index in [0.717, 1.165) is 38.8 Å². The molecule has 0 bridgehead atoms. The lowest BCUT2D eigenvalue weighted by atomic mass is 9.98. The summed E-state index contributed by atoms with van der Waals surface area (Å²) in [5, 5.41) is 25.1.